The molecule has 0 aliphatic rings. The number of carbonyl (C=O) groups excluding carboxylic acids is 1. The van der Waals surface area contributed by atoms with Crippen molar-refractivity contribution in [3.63, 3.8) is 0 Å². The van der Waals surface area contributed by atoms with Gasteiger partial charge in [-0.3, -0.25) is 4.79 Å². The zero-order chi connectivity index (χ0) is 13.8. The molecule has 0 aliphatic carbocycles. The van der Waals surface area contributed by atoms with Crippen molar-refractivity contribution in [2.45, 2.75) is 5.03 Å². The molecule has 0 saturated heterocycles. The minimum absolute atomic E-state index is 0.140. The molecule has 0 aliphatic heterocycles. The van der Waals surface area contributed by atoms with Gasteiger partial charge >= 0.3 is 0 Å². The Labute approximate surface area is 114 Å². The van der Waals surface area contributed by atoms with Gasteiger partial charge in [0.05, 0.1) is 5.75 Å². The molecule has 1 aromatic heterocycles. The van der Waals surface area contributed by atoms with E-state index in [2.05, 4.69) is 10.2 Å². The molecule has 0 atom stereocenters. The van der Waals surface area contributed by atoms with E-state index in [4.69, 9.17) is 10.7 Å². The Kier molecular flexibility index (Phi) is 5.36. The van der Waals surface area contributed by atoms with Crippen molar-refractivity contribution in [2.24, 2.45) is 0 Å². The number of carbonyl (C=O) groups is 1. The van der Waals surface area contributed by atoms with Crippen LogP contribution in [-0.2, 0) is 9.05 Å². The van der Waals surface area contributed by atoms with Crippen LogP contribution in [0.2, 0.25) is 0 Å². The molecule has 0 spiro atoms. The van der Waals surface area contributed by atoms with Crippen LogP contribution in [0.4, 0.5) is 0 Å². The molecule has 1 aromatic rings. The maximum absolute atomic E-state index is 11.5. The Hall–Kier alpha value is -0.860. The molecule has 0 bridgehead atoms. The molecule has 0 aromatic carbocycles. The molecule has 0 radical (unpaired) electrons. The van der Waals surface area contributed by atoms with Gasteiger partial charge in [-0.15, -0.1) is 22.0 Å². The molecule has 100 valence electrons. The summed E-state index contributed by atoms with van der Waals surface area (Å²) < 4.78 is 21.4. The molecule has 1 amide bonds. The molecule has 1 rings (SSSR count). The maximum Gasteiger partial charge on any atom is 0.273 e. The van der Waals surface area contributed by atoms with Crippen LogP contribution in [0, 0.1) is 0 Å². The number of hydrogen-bond donors (Lipinski definition) is 0. The van der Waals surface area contributed by atoms with Crippen LogP contribution >= 0.6 is 22.4 Å². The summed E-state index contributed by atoms with van der Waals surface area (Å²) in [5.41, 5.74) is 0.245. The summed E-state index contributed by atoms with van der Waals surface area (Å²) >= 11 is 1.21. The predicted octanol–water partition coefficient (Wildman–Crippen LogP) is 0.839. The standard InChI is InChI=1S/C9H12ClN3O3S2/c1-13(2)9(14)7-3-4-8(12-11-7)17-5-6-18(10,15)16/h3-4H,5-6H2,1-2H3. The van der Waals surface area contributed by atoms with Crippen LogP contribution in [0.15, 0.2) is 17.2 Å². The summed E-state index contributed by atoms with van der Waals surface area (Å²) in [4.78, 5) is 12.9. The average Bonchev–Trinajstić information content (AvgIpc) is 2.27. The minimum Gasteiger partial charge on any atom is -0.343 e. The molecule has 0 fully saturated rings. The third-order valence-electron chi connectivity index (χ3n) is 1.84. The number of thioether (sulfide) groups is 1. The highest BCUT2D eigenvalue weighted by molar-refractivity contribution is 8.14. The lowest BCUT2D eigenvalue weighted by Crippen LogP contribution is -2.23. The smallest absolute Gasteiger partial charge is 0.273 e. The second kappa shape index (κ2) is 6.35. The number of rotatable bonds is 5. The number of amides is 1. The second-order valence-electron chi connectivity index (χ2n) is 3.55. The van der Waals surface area contributed by atoms with Crippen LogP contribution in [0.3, 0.4) is 0 Å². The van der Waals surface area contributed by atoms with Crippen LogP contribution in [0.1, 0.15) is 10.5 Å². The van der Waals surface area contributed by atoms with E-state index in [1.165, 1.54) is 16.7 Å². The fourth-order valence-electron chi connectivity index (χ4n) is 0.986. The molecule has 9 heteroatoms. The van der Waals surface area contributed by atoms with E-state index in [0.29, 0.717) is 10.8 Å². The highest BCUT2D eigenvalue weighted by Gasteiger charge is 2.11. The summed E-state index contributed by atoms with van der Waals surface area (Å²) in [6, 6.07) is 3.17. The minimum atomic E-state index is -3.48. The van der Waals surface area contributed by atoms with Crippen molar-refractivity contribution in [2.75, 3.05) is 25.6 Å². The molecule has 0 unspecified atom stereocenters. The SMILES string of the molecule is CN(C)C(=O)c1ccc(SCCS(=O)(=O)Cl)nn1. The van der Waals surface area contributed by atoms with Gasteiger partial charge in [-0.05, 0) is 12.1 Å². The highest BCUT2D eigenvalue weighted by atomic mass is 35.7. The van der Waals surface area contributed by atoms with E-state index in [1.807, 2.05) is 0 Å². The highest BCUT2D eigenvalue weighted by Crippen LogP contribution is 2.15. The summed E-state index contributed by atoms with van der Waals surface area (Å²) in [5.74, 6) is -0.0804. The average molecular weight is 310 g/mol. The summed E-state index contributed by atoms with van der Waals surface area (Å²) in [6.07, 6.45) is 0. The van der Waals surface area contributed by atoms with Gasteiger partial charge in [0.1, 0.15) is 5.03 Å². The van der Waals surface area contributed by atoms with Gasteiger partial charge in [-0.1, -0.05) is 0 Å². The topological polar surface area (TPSA) is 80.2 Å². The van der Waals surface area contributed by atoms with E-state index < -0.39 is 9.05 Å². The molecular formula is C9H12ClN3O3S2. The van der Waals surface area contributed by atoms with Crippen molar-refractivity contribution in [1.29, 1.82) is 0 Å². The van der Waals surface area contributed by atoms with Gasteiger partial charge < -0.3 is 4.90 Å². The van der Waals surface area contributed by atoms with Crippen molar-refractivity contribution in [3.8, 4) is 0 Å². The Morgan fingerprint density at radius 1 is 1.39 bits per heavy atom. The second-order valence-corrected chi connectivity index (χ2v) is 7.56. The first-order chi connectivity index (χ1) is 8.29. The van der Waals surface area contributed by atoms with E-state index in [0.717, 1.165) is 0 Å². The van der Waals surface area contributed by atoms with Gasteiger partial charge in [0.2, 0.25) is 9.05 Å². The Balaban J connectivity index is 2.58. The van der Waals surface area contributed by atoms with Crippen LogP contribution in [0.5, 0.6) is 0 Å². The molecule has 6 nitrogen and oxygen atoms in total. The lowest BCUT2D eigenvalue weighted by Gasteiger charge is -2.08. The first-order valence-electron chi connectivity index (χ1n) is 4.90. The van der Waals surface area contributed by atoms with Crippen LogP contribution in [-0.4, -0.2) is 55.0 Å². The van der Waals surface area contributed by atoms with E-state index in [-0.39, 0.29) is 17.4 Å². The molecule has 0 saturated carbocycles. The molecular weight excluding hydrogens is 298 g/mol. The number of halogens is 1. The quantitative estimate of drug-likeness (QED) is 0.592. The largest absolute Gasteiger partial charge is 0.343 e. The fourth-order valence-corrected chi connectivity index (χ4v) is 3.15. The van der Waals surface area contributed by atoms with Gasteiger partial charge in [-0.2, -0.15) is 0 Å². The van der Waals surface area contributed by atoms with Crippen molar-refractivity contribution in [1.82, 2.24) is 15.1 Å². The van der Waals surface area contributed by atoms with E-state index in [1.54, 1.807) is 26.2 Å². The van der Waals surface area contributed by atoms with Crippen molar-refractivity contribution >= 4 is 37.4 Å². The first-order valence-corrected chi connectivity index (χ1v) is 8.36. The monoisotopic (exact) mass is 309 g/mol. The zero-order valence-corrected chi connectivity index (χ0v) is 12.2. The maximum atomic E-state index is 11.5. The fraction of sp³-hybridized carbons (Fsp3) is 0.444. The van der Waals surface area contributed by atoms with Gasteiger partial charge in [0.15, 0.2) is 5.69 Å². The lowest BCUT2D eigenvalue weighted by atomic mass is 10.3. The van der Waals surface area contributed by atoms with Crippen LogP contribution < -0.4 is 0 Å². The Morgan fingerprint density at radius 3 is 2.50 bits per heavy atom. The predicted molar refractivity (Wildman–Crippen MR) is 70.4 cm³/mol. The van der Waals surface area contributed by atoms with Crippen molar-refractivity contribution in [3.05, 3.63) is 17.8 Å². The first kappa shape index (κ1) is 15.2. The van der Waals surface area contributed by atoms with Crippen LogP contribution in [0.25, 0.3) is 0 Å². The van der Waals surface area contributed by atoms with E-state index >= 15 is 0 Å². The number of nitrogens with zero attached hydrogens (tertiary/aromatic N) is 3. The van der Waals surface area contributed by atoms with E-state index in [9.17, 15) is 13.2 Å². The summed E-state index contributed by atoms with van der Waals surface area (Å²) in [5, 5.41) is 8.15. The van der Waals surface area contributed by atoms with Gasteiger partial charge in [0.25, 0.3) is 5.91 Å². The van der Waals surface area contributed by atoms with Gasteiger partial charge in [-0.25, -0.2) is 8.42 Å². The van der Waals surface area contributed by atoms with Gasteiger partial charge in [0, 0.05) is 30.5 Å². The molecule has 18 heavy (non-hydrogen) atoms. The normalized spacial score (nSPS) is 11.3. The van der Waals surface area contributed by atoms with Crippen molar-refractivity contribution < 1.29 is 13.2 Å². The third-order valence-corrected chi connectivity index (χ3v) is 4.18. The number of hydrogen-bond acceptors (Lipinski definition) is 6. The molecule has 1 heterocycles. The Morgan fingerprint density at radius 2 is 2.06 bits per heavy atom. The lowest BCUT2D eigenvalue weighted by molar-refractivity contribution is 0.0820. The zero-order valence-electron chi connectivity index (χ0n) is 9.83. The summed E-state index contributed by atoms with van der Waals surface area (Å²) in [7, 11) is 4.84. The number of aromatic nitrogens is 2. The summed E-state index contributed by atoms with van der Waals surface area (Å²) in [6.45, 7) is 0. The third kappa shape index (κ3) is 5.19. The molecule has 0 N–H and O–H groups in total. The Bertz CT molecular complexity index is 516.